The van der Waals surface area contributed by atoms with E-state index in [1.807, 2.05) is 0 Å². The van der Waals surface area contributed by atoms with Gasteiger partial charge in [-0.05, 0) is 51.5 Å². The van der Waals surface area contributed by atoms with Crippen LogP contribution in [0.15, 0.2) is 91.0 Å². The zero-order valence-corrected chi connectivity index (χ0v) is 18.8. The van der Waals surface area contributed by atoms with E-state index < -0.39 is 7.92 Å². The molecule has 2 heteroatoms. The molecule has 0 amide bonds. The second-order valence-corrected chi connectivity index (χ2v) is 9.17. The molecule has 0 aliphatic heterocycles. The maximum absolute atomic E-state index is 2.27. The summed E-state index contributed by atoms with van der Waals surface area (Å²) in [5.74, 6) is 0. The summed E-state index contributed by atoms with van der Waals surface area (Å²) in [6.07, 6.45) is 0. The molecule has 0 radical (unpaired) electrons. The van der Waals surface area contributed by atoms with Crippen LogP contribution in [0.1, 0.15) is 27.7 Å². The quantitative estimate of drug-likeness (QED) is 0.377. The second-order valence-electron chi connectivity index (χ2n) is 6.95. The fourth-order valence-electron chi connectivity index (χ4n) is 3.52. The molecule has 0 unspecified atom stereocenters. The van der Waals surface area contributed by atoms with Crippen LogP contribution in [0.5, 0.6) is 0 Å². The van der Waals surface area contributed by atoms with Gasteiger partial charge in [-0.25, -0.2) is 0 Å². The summed E-state index contributed by atoms with van der Waals surface area (Å²) >= 11 is 0. The van der Waals surface area contributed by atoms with Crippen molar-refractivity contribution in [3.05, 3.63) is 91.0 Å². The van der Waals surface area contributed by atoms with Gasteiger partial charge in [0.05, 0.1) is 26.2 Å². The highest BCUT2D eigenvalue weighted by molar-refractivity contribution is 7.79. The Morgan fingerprint density at radius 2 is 0.714 bits per heavy atom. The van der Waals surface area contributed by atoms with Crippen LogP contribution in [0.2, 0.25) is 0 Å². The highest BCUT2D eigenvalue weighted by atomic mass is 31.1. The molecule has 0 heterocycles. The Morgan fingerprint density at radius 1 is 0.464 bits per heavy atom. The first-order valence-corrected chi connectivity index (χ1v) is 11.8. The first kappa shape index (κ1) is 22.3. The third-order valence-corrected chi connectivity index (χ3v) is 8.17. The molecule has 0 saturated heterocycles. The number of quaternary nitrogens is 1. The van der Waals surface area contributed by atoms with Crippen molar-refractivity contribution in [2.75, 3.05) is 26.2 Å². The van der Waals surface area contributed by atoms with E-state index in [-0.39, 0.29) is 0 Å². The second kappa shape index (κ2) is 11.8. The highest BCUT2D eigenvalue weighted by Crippen LogP contribution is 2.32. The van der Waals surface area contributed by atoms with E-state index in [1.165, 1.54) is 46.6 Å². The van der Waals surface area contributed by atoms with Gasteiger partial charge in [-0.2, -0.15) is 0 Å². The number of hydrogen-bond donors (Lipinski definition) is 0. The molecule has 1 nitrogen and oxygen atoms in total. The molecule has 0 spiro atoms. The van der Waals surface area contributed by atoms with Crippen LogP contribution < -0.4 is 15.9 Å². The zero-order valence-electron chi connectivity index (χ0n) is 17.9. The van der Waals surface area contributed by atoms with Crippen LogP contribution in [0, 0.1) is 0 Å². The van der Waals surface area contributed by atoms with Crippen LogP contribution in [0.3, 0.4) is 0 Å². The van der Waals surface area contributed by atoms with Crippen molar-refractivity contribution >= 4 is 23.8 Å². The number of benzene rings is 3. The molecule has 0 aliphatic rings. The van der Waals surface area contributed by atoms with Gasteiger partial charge in [0.1, 0.15) is 0 Å². The molecule has 0 fully saturated rings. The third kappa shape index (κ3) is 6.03. The van der Waals surface area contributed by atoms with Crippen LogP contribution in [-0.2, 0) is 0 Å². The molecule has 3 aromatic rings. The number of hydrogen-bond acceptors (Lipinski definition) is 0. The van der Waals surface area contributed by atoms with E-state index in [0.717, 1.165) is 0 Å². The van der Waals surface area contributed by atoms with Crippen molar-refractivity contribution < 1.29 is 4.48 Å². The summed E-state index contributed by atoms with van der Waals surface area (Å²) in [5, 5.41) is 4.19. The molecule has 0 aromatic heterocycles. The Hall–Kier alpha value is -1.95. The average Bonchev–Trinajstić information content (AvgIpc) is 2.79. The van der Waals surface area contributed by atoms with Gasteiger partial charge in [0, 0.05) is 0 Å². The Balaban J connectivity index is 0.000000266. The van der Waals surface area contributed by atoms with Crippen LogP contribution in [0.4, 0.5) is 0 Å². The zero-order chi connectivity index (χ0) is 20.2. The Bertz CT molecular complexity index is 656. The van der Waals surface area contributed by atoms with E-state index in [9.17, 15) is 0 Å². The molecule has 0 atom stereocenters. The van der Waals surface area contributed by atoms with E-state index in [1.54, 1.807) is 0 Å². The summed E-state index contributed by atoms with van der Waals surface area (Å²) in [6.45, 7) is 14.2. The summed E-state index contributed by atoms with van der Waals surface area (Å²) < 4.78 is 1.28. The lowest BCUT2D eigenvalue weighted by atomic mass is 10.3. The third-order valence-electron chi connectivity index (χ3n) is 5.73. The lowest BCUT2D eigenvalue weighted by Gasteiger charge is -2.34. The highest BCUT2D eigenvalue weighted by Gasteiger charge is 2.16. The summed E-state index contributed by atoms with van der Waals surface area (Å²) in [6, 6.07) is 32.3. The van der Waals surface area contributed by atoms with Crippen molar-refractivity contribution in [3.63, 3.8) is 0 Å². The van der Waals surface area contributed by atoms with Crippen LogP contribution >= 0.6 is 7.92 Å². The van der Waals surface area contributed by atoms with Crippen LogP contribution in [-0.4, -0.2) is 30.7 Å². The maximum atomic E-state index is 2.27. The maximum Gasteiger partial charge on any atom is 0.0757 e. The van der Waals surface area contributed by atoms with Crippen molar-refractivity contribution in [1.82, 2.24) is 0 Å². The molecule has 0 N–H and O–H groups in total. The van der Waals surface area contributed by atoms with E-state index in [0.29, 0.717) is 0 Å². The van der Waals surface area contributed by atoms with Crippen LogP contribution in [0.25, 0.3) is 0 Å². The number of rotatable bonds is 7. The van der Waals surface area contributed by atoms with Gasteiger partial charge < -0.3 is 4.48 Å². The smallest absolute Gasteiger partial charge is 0.0757 e. The first-order valence-electron chi connectivity index (χ1n) is 10.5. The Kier molecular flexibility index (Phi) is 9.41. The molecular formula is C26H35NP+. The van der Waals surface area contributed by atoms with Gasteiger partial charge in [-0.15, -0.1) is 0 Å². The standard InChI is InChI=1S/C18H15P.C8H20N/c1-4-10-16(11-5-1)19(17-12-6-2-7-13-17)18-14-8-3-9-15-18;1-5-9(6-2,7-3)8-4/h1-15H;5-8H2,1-4H3/q;+1. The Labute approximate surface area is 173 Å². The summed E-state index contributed by atoms with van der Waals surface area (Å²) in [5.41, 5.74) is 0. The van der Waals surface area contributed by atoms with E-state index in [2.05, 4.69) is 119 Å². The molecule has 148 valence electrons. The minimum Gasteiger partial charge on any atom is -0.325 e. The van der Waals surface area contributed by atoms with E-state index in [4.69, 9.17) is 0 Å². The molecule has 0 aliphatic carbocycles. The molecule has 3 aromatic carbocycles. The first-order chi connectivity index (χ1) is 13.7. The Morgan fingerprint density at radius 3 is 0.893 bits per heavy atom. The van der Waals surface area contributed by atoms with Gasteiger partial charge in [0.2, 0.25) is 0 Å². The van der Waals surface area contributed by atoms with Gasteiger partial charge >= 0.3 is 0 Å². The summed E-state index contributed by atoms with van der Waals surface area (Å²) in [7, 11) is -0.446. The average molecular weight is 393 g/mol. The van der Waals surface area contributed by atoms with Crippen molar-refractivity contribution in [2.24, 2.45) is 0 Å². The lowest BCUT2D eigenvalue weighted by molar-refractivity contribution is -0.921. The SMILES string of the molecule is CC[N+](CC)(CC)CC.c1ccc(P(c2ccccc2)c2ccccc2)cc1. The predicted molar refractivity (Wildman–Crippen MR) is 128 cm³/mol. The van der Waals surface area contributed by atoms with Crippen molar-refractivity contribution in [1.29, 1.82) is 0 Å². The normalized spacial score (nSPS) is 11.0. The molecule has 3 rings (SSSR count). The molecule has 28 heavy (non-hydrogen) atoms. The number of nitrogens with zero attached hydrogens (tertiary/aromatic N) is 1. The molecule has 0 saturated carbocycles. The monoisotopic (exact) mass is 392 g/mol. The minimum atomic E-state index is -0.446. The largest absolute Gasteiger partial charge is 0.325 e. The molecular weight excluding hydrogens is 357 g/mol. The fraction of sp³-hybridized carbons (Fsp3) is 0.308. The topological polar surface area (TPSA) is 0 Å². The van der Waals surface area contributed by atoms with E-state index >= 15 is 0 Å². The van der Waals surface area contributed by atoms with Crippen molar-refractivity contribution in [3.8, 4) is 0 Å². The molecule has 0 bridgehead atoms. The van der Waals surface area contributed by atoms with Crippen molar-refractivity contribution in [2.45, 2.75) is 27.7 Å². The van der Waals surface area contributed by atoms with Gasteiger partial charge in [-0.1, -0.05) is 91.0 Å². The van der Waals surface area contributed by atoms with Gasteiger partial charge in [0.15, 0.2) is 0 Å². The predicted octanol–water partition coefficient (Wildman–Crippen LogP) is 5.33. The fourth-order valence-corrected chi connectivity index (χ4v) is 5.83. The minimum absolute atomic E-state index is 0.446. The van der Waals surface area contributed by atoms with Gasteiger partial charge in [0.25, 0.3) is 0 Å². The summed E-state index contributed by atoms with van der Waals surface area (Å²) in [4.78, 5) is 0. The lowest BCUT2D eigenvalue weighted by Crippen LogP contribution is -2.47. The van der Waals surface area contributed by atoms with Gasteiger partial charge in [-0.3, -0.25) is 0 Å².